The van der Waals surface area contributed by atoms with Crippen molar-refractivity contribution in [1.29, 1.82) is 0 Å². The largest absolute Gasteiger partial charge is 0.462 e. The van der Waals surface area contributed by atoms with Crippen molar-refractivity contribution >= 4 is 11.9 Å². The van der Waals surface area contributed by atoms with Crippen molar-refractivity contribution in [2.24, 2.45) is 0 Å². The summed E-state index contributed by atoms with van der Waals surface area (Å²) < 4.78 is 17.3. The van der Waals surface area contributed by atoms with Gasteiger partial charge in [0.2, 0.25) is 0 Å². The van der Waals surface area contributed by atoms with Crippen LogP contribution in [-0.2, 0) is 23.8 Å². The number of hydrogen-bond donors (Lipinski definition) is 0. The standard InChI is InChI=1S/C57H100O5/c1-4-7-10-13-16-19-22-24-26-28-29-30-31-33-36-39-42-45-48-51-57(59)62-55(54-61-56(58)50-47-44-41-38-35-21-18-15-12-9-6-3)53-60-52-49-46-43-40-37-34-32-27-25-23-20-17-14-11-8-5-2/h7,10,16,19,24,26,29-30,33,36,42,45,55H,4-6,8-9,11-15,17-18,20-23,25,27-28,31-32,34-35,37-41,43-44,46-54H2,1-3H3/b10-7-,19-16-,26-24-,30-29-,36-33-,45-42-/t55-/m1/s1. The molecule has 0 saturated carbocycles. The monoisotopic (exact) mass is 865 g/mol. The Labute approximate surface area is 385 Å². The third kappa shape index (κ3) is 50.0. The molecular formula is C57H100O5. The summed E-state index contributed by atoms with van der Waals surface area (Å²) in [5.74, 6) is -0.486. The van der Waals surface area contributed by atoms with E-state index in [0.29, 0.717) is 25.9 Å². The molecule has 0 N–H and O–H groups in total. The lowest BCUT2D eigenvalue weighted by Gasteiger charge is -2.18. The number of hydrogen-bond acceptors (Lipinski definition) is 5. The van der Waals surface area contributed by atoms with Gasteiger partial charge in [-0.25, -0.2) is 0 Å². The van der Waals surface area contributed by atoms with Gasteiger partial charge in [0.25, 0.3) is 0 Å². The van der Waals surface area contributed by atoms with Gasteiger partial charge in [-0.05, 0) is 57.8 Å². The first kappa shape index (κ1) is 59.3. The lowest BCUT2D eigenvalue weighted by Crippen LogP contribution is -2.30. The van der Waals surface area contributed by atoms with Gasteiger partial charge in [0.15, 0.2) is 6.10 Å². The van der Waals surface area contributed by atoms with Crippen LogP contribution in [0.2, 0.25) is 0 Å². The molecule has 0 aromatic carbocycles. The Morgan fingerprint density at radius 2 is 0.726 bits per heavy atom. The smallest absolute Gasteiger partial charge is 0.306 e. The van der Waals surface area contributed by atoms with Gasteiger partial charge in [-0.2, -0.15) is 0 Å². The van der Waals surface area contributed by atoms with Gasteiger partial charge < -0.3 is 14.2 Å². The Kier molecular flexibility index (Phi) is 50.4. The fourth-order valence-corrected chi connectivity index (χ4v) is 7.36. The summed E-state index contributed by atoms with van der Waals surface area (Å²) in [5.41, 5.74) is 0. The summed E-state index contributed by atoms with van der Waals surface area (Å²) >= 11 is 0. The molecule has 0 fully saturated rings. The number of carbonyl (C=O) groups is 2. The minimum atomic E-state index is -0.574. The Morgan fingerprint density at radius 3 is 1.13 bits per heavy atom. The number of allylic oxidation sites excluding steroid dienone is 12. The van der Waals surface area contributed by atoms with E-state index < -0.39 is 6.10 Å². The van der Waals surface area contributed by atoms with Crippen molar-refractivity contribution in [3.8, 4) is 0 Å². The van der Waals surface area contributed by atoms with Crippen molar-refractivity contribution in [1.82, 2.24) is 0 Å². The van der Waals surface area contributed by atoms with Crippen LogP contribution in [-0.4, -0.2) is 37.9 Å². The third-order valence-corrected chi connectivity index (χ3v) is 11.3. The molecule has 0 heterocycles. The predicted molar refractivity (Wildman–Crippen MR) is 270 cm³/mol. The van der Waals surface area contributed by atoms with Crippen LogP contribution >= 0.6 is 0 Å². The van der Waals surface area contributed by atoms with E-state index in [2.05, 4.69) is 87.6 Å². The summed E-state index contributed by atoms with van der Waals surface area (Å²) in [7, 11) is 0. The number of rotatable bonds is 48. The van der Waals surface area contributed by atoms with E-state index in [1.165, 1.54) is 148 Å². The second-order valence-electron chi connectivity index (χ2n) is 17.4. The maximum absolute atomic E-state index is 12.8. The second-order valence-corrected chi connectivity index (χ2v) is 17.4. The molecule has 0 aromatic heterocycles. The normalized spacial score (nSPS) is 12.8. The van der Waals surface area contributed by atoms with Crippen LogP contribution in [0.1, 0.15) is 252 Å². The molecule has 0 aliphatic carbocycles. The highest BCUT2D eigenvalue weighted by atomic mass is 16.6. The van der Waals surface area contributed by atoms with E-state index in [0.717, 1.165) is 64.2 Å². The molecule has 0 aromatic rings. The van der Waals surface area contributed by atoms with Crippen molar-refractivity contribution in [2.75, 3.05) is 19.8 Å². The molecule has 358 valence electrons. The SMILES string of the molecule is CC/C=C\C/C=C\C/C=C\C/C=C\C/C=C\C/C=C\CCC(=O)O[C@H](COCCCCCCCCCCCCCCCCCC)COC(=O)CCCCCCCCCCCCC. The molecular weight excluding hydrogens is 765 g/mol. The maximum Gasteiger partial charge on any atom is 0.306 e. The molecule has 0 aliphatic heterocycles. The number of unbranched alkanes of at least 4 members (excludes halogenated alkanes) is 25. The third-order valence-electron chi connectivity index (χ3n) is 11.3. The number of ether oxygens (including phenoxy) is 3. The van der Waals surface area contributed by atoms with E-state index in [1.807, 2.05) is 6.08 Å². The Morgan fingerprint density at radius 1 is 0.371 bits per heavy atom. The topological polar surface area (TPSA) is 61.8 Å². The van der Waals surface area contributed by atoms with Crippen LogP contribution in [0.5, 0.6) is 0 Å². The summed E-state index contributed by atoms with van der Waals surface area (Å²) in [4.78, 5) is 25.3. The molecule has 62 heavy (non-hydrogen) atoms. The molecule has 0 unspecified atom stereocenters. The molecule has 0 aliphatic rings. The average Bonchev–Trinajstić information content (AvgIpc) is 3.27. The minimum Gasteiger partial charge on any atom is -0.462 e. The fourth-order valence-electron chi connectivity index (χ4n) is 7.36. The van der Waals surface area contributed by atoms with E-state index in [9.17, 15) is 9.59 Å². The fraction of sp³-hybridized carbons (Fsp3) is 0.754. The highest BCUT2D eigenvalue weighted by Gasteiger charge is 2.17. The molecule has 5 nitrogen and oxygen atoms in total. The van der Waals surface area contributed by atoms with Crippen molar-refractivity contribution in [2.45, 2.75) is 258 Å². The summed E-state index contributed by atoms with van der Waals surface area (Å²) in [5, 5.41) is 0. The molecule has 0 bridgehead atoms. The Hall–Kier alpha value is -2.66. The highest BCUT2D eigenvalue weighted by Crippen LogP contribution is 2.15. The van der Waals surface area contributed by atoms with Crippen molar-refractivity contribution in [3.05, 3.63) is 72.9 Å². The number of carbonyl (C=O) groups excluding carboxylic acids is 2. The van der Waals surface area contributed by atoms with Crippen molar-refractivity contribution in [3.63, 3.8) is 0 Å². The first-order chi connectivity index (χ1) is 30.6. The first-order valence-corrected chi connectivity index (χ1v) is 26.5. The lowest BCUT2D eigenvalue weighted by molar-refractivity contribution is -0.162. The molecule has 0 amide bonds. The molecule has 1 atom stereocenters. The van der Waals surface area contributed by atoms with E-state index in [1.54, 1.807) is 0 Å². The Bertz CT molecular complexity index is 1110. The van der Waals surface area contributed by atoms with E-state index in [4.69, 9.17) is 14.2 Å². The molecule has 0 saturated heterocycles. The maximum atomic E-state index is 12.8. The molecule has 0 radical (unpaired) electrons. The first-order valence-electron chi connectivity index (χ1n) is 26.5. The van der Waals surface area contributed by atoms with E-state index in [-0.39, 0.29) is 25.2 Å². The van der Waals surface area contributed by atoms with Gasteiger partial charge >= 0.3 is 11.9 Å². The summed E-state index contributed by atoms with van der Waals surface area (Å²) in [6.45, 7) is 7.66. The van der Waals surface area contributed by atoms with Gasteiger partial charge in [0.05, 0.1) is 6.61 Å². The van der Waals surface area contributed by atoms with Gasteiger partial charge in [0, 0.05) is 19.4 Å². The molecule has 0 rings (SSSR count). The Balaban J connectivity index is 4.36. The van der Waals surface area contributed by atoms with Gasteiger partial charge in [-0.3, -0.25) is 9.59 Å². The van der Waals surface area contributed by atoms with Crippen LogP contribution in [0.4, 0.5) is 0 Å². The highest BCUT2D eigenvalue weighted by molar-refractivity contribution is 5.70. The van der Waals surface area contributed by atoms with Crippen LogP contribution in [0.25, 0.3) is 0 Å². The van der Waals surface area contributed by atoms with Crippen LogP contribution in [0.15, 0.2) is 72.9 Å². The zero-order chi connectivity index (χ0) is 44.9. The predicted octanol–water partition coefficient (Wildman–Crippen LogP) is 17.9. The summed E-state index contributed by atoms with van der Waals surface area (Å²) in [6.07, 6.45) is 67.8. The summed E-state index contributed by atoms with van der Waals surface area (Å²) in [6, 6.07) is 0. The average molecular weight is 865 g/mol. The zero-order valence-corrected chi connectivity index (χ0v) is 41.1. The van der Waals surface area contributed by atoms with Crippen LogP contribution in [0, 0.1) is 0 Å². The zero-order valence-electron chi connectivity index (χ0n) is 41.1. The quantitative estimate of drug-likeness (QED) is 0.0346. The van der Waals surface area contributed by atoms with Gasteiger partial charge in [0.1, 0.15) is 6.61 Å². The minimum absolute atomic E-state index is 0.0570. The lowest BCUT2D eigenvalue weighted by atomic mass is 10.0. The van der Waals surface area contributed by atoms with Crippen LogP contribution < -0.4 is 0 Å². The number of esters is 2. The molecule has 0 spiro atoms. The van der Waals surface area contributed by atoms with Gasteiger partial charge in [-0.15, -0.1) is 0 Å². The second kappa shape index (κ2) is 52.7. The van der Waals surface area contributed by atoms with Crippen molar-refractivity contribution < 1.29 is 23.8 Å². The van der Waals surface area contributed by atoms with Gasteiger partial charge in [-0.1, -0.05) is 254 Å². The van der Waals surface area contributed by atoms with E-state index >= 15 is 0 Å². The molecule has 5 heteroatoms. The van der Waals surface area contributed by atoms with Crippen LogP contribution in [0.3, 0.4) is 0 Å².